The molecule has 0 aromatic rings. The zero-order chi connectivity index (χ0) is 14.3. The van der Waals surface area contributed by atoms with Crippen molar-refractivity contribution >= 4 is 18.3 Å². The van der Waals surface area contributed by atoms with Gasteiger partial charge in [-0.15, -0.1) is 0 Å². The number of esters is 1. The molecule has 1 amide bonds. The average Bonchev–Trinajstić information content (AvgIpc) is 2.20. The Bertz CT molecular complexity index is 306. The molecule has 0 aromatic heterocycles. The molecule has 0 aliphatic rings. The molecule has 0 heterocycles. The molecule has 0 aliphatic heterocycles. The third-order valence-corrected chi connectivity index (χ3v) is 1.82. The first kappa shape index (κ1) is 16.4. The molecule has 0 fully saturated rings. The van der Waals surface area contributed by atoms with Gasteiger partial charge in [-0.05, 0) is 20.8 Å². The number of rotatable bonds is 5. The Morgan fingerprint density at radius 2 is 1.83 bits per heavy atom. The Kier molecular flexibility index (Phi) is 6.36. The highest BCUT2D eigenvalue weighted by Gasteiger charge is 2.28. The Balaban J connectivity index is 4.61. The van der Waals surface area contributed by atoms with E-state index in [0.29, 0.717) is 6.29 Å². The van der Waals surface area contributed by atoms with Crippen LogP contribution in [0.15, 0.2) is 0 Å². The molecule has 6 heteroatoms. The second-order valence-corrected chi connectivity index (χ2v) is 5.04. The molecule has 0 spiro atoms. The van der Waals surface area contributed by atoms with E-state index in [0.717, 1.165) is 0 Å². The number of hydrogen-bond donors (Lipinski definition) is 0. The second kappa shape index (κ2) is 6.98. The highest BCUT2D eigenvalue weighted by Crippen LogP contribution is 2.13. The van der Waals surface area contributed by atoms with Crippen LogP contribution in [0.3, 0.4) is 0 Å². The van der Waals surface area contributed by atoms with Crippen LogP contribution in [-0.4, -0.2) is 49.0 Å². The van der Waals surface area contributed by atoms with Gasteiger partial charge in [-0.25, -0.2) is 9.59 Å². The molecule has 6 nitrogen and oxygen atoms in total. The van der Waals surface area contributed by atoms with Crippen LogP contribution in [0, 0.1) is 0 Å². The first-order valence-electron chi connectivity index (χ1n) is 5.72. The van der Waals surface area contributed by atoms with Crippen LogP contribution in [0.4, 0.5) is 4.79 Å². The quantitative estimate of drug-likeness (QED) is 0.551. The first-order chi connectivity index (χ1) is 8.17. The van der Waals surface area contributed by atoms with Gasteiger partial charge in [0.25, 0.3) is 0 Å². The van der Waals surface area contributed by atoms with Crippen LogP contribution in [0.5, 0.6) is 0 Å². The lowest BCUT2D eigenvalue weighted by Crippen LogP contribution is -2.37. The number of aldehydes is 1. The molecule has 18 heavy (non-hydrogen) atoms. The fourth-order valence-electron chi connectivity index (χ4n) is 1.04. The summed E-state index contributed by atoms with van der Waals surface area (Å²) in [5, 5.41) is 0. The molecule has 0 radical (unpaired) electrons. The molecule has 0 aliphatic carbocycles. The minimum atomic E-state index is -1.05. The standard InChI is InChI=1S/C12H21NO5/c1-12(2,3)18-10(15)9(7-6-8-14)17-11(16)13(4)5/h8-9H,6-7H2,1-5H3. The largest absolute Gasteiger partial charge is 0.457 e. The molecule has 0 rings (SSSR count). The van der Waals surface area contributed by atoms with Gasteiger partial charge in [-0.3, -0.25) is 0 Å². The Labute approximate surface area is 107 Å². The summed E-state index contributed by atoms with van der Waals surface area (Å²) in [7, 11) is 3.02. The van der Waals surface area contributed by atoms with Gasteiger partial charge in [0.2, 0.25) is 6.10 Å². The minimum Gasteiger partial charge on any atom is -0.457 e. The fraction of sp³-hybridized carbons (Fsp3) is 0.750. The lowest BCUT2D eigenvalue weighted by Gasteiger charge is -2.24. The molecule has 0 bridgehead atoms. The van der Waals surface area contributed by atoms with Gasteiger partial charge in [0.05, 0.1) is 0 Å². The van der Waals surface area contributed by atoms with Gasteiger partial charge in [-0.2, -0.15) is 0 Å². The van der Waals surface area contributed by atoms with Crippen molar-refractivity contribution in [3.8, 4) is 0 Å². The number of carbonyl (C=O) groups excluding carboxylic acids is 3. The predicted molar refractivity (Wildman–Crippen MR) is 65.1 cm³/mol. The van der Waals surface area contributed by atoms with Crippen LogP contribution >= 0.6 is 0 Å². The molecule has 104 valence electrons. The second-order valence-electron chi connectivity index (χ2n) is 5.04. The number of carbonyl (C=O) groups is 3. The topological polar surface area (TPSA) is 72.9 Å². The zero-order valence-electron chi connectivity index (χ0n) is 11.6. The number of hydrogen-bond acceptors (Lipinski definition) is 5. The van der Waals surface area contributed by atoms with Gasteiger partial charge >= 0.3 is 12.1 Å². The van der Waals surface area contributed by atoms with Crippen LogP contribution in [-0.2, 0) is 19.1 Å². The van der Waals surface area contributed by atoms with Crippen LogP contribution < -0.4 is 0 Å². The van der Waals surface area contributed by atoms with Crippen molar-refractivity contribution in [2.45, 2.75) is 45.3 Å². The van der Waals surface area contributed by atoms with Gasteiger partial charge in [0.1, 0.15) is 11.9 Å². The summed E-state index contributed by atoms with van der Waals surface area (Å²) in [5.74, 6) is -0.639. The van der Waals surface area contributed by atoms with Crippen molar-refractivity contribution in [2.24, 2.45) is 0 Å². The fourth-order valence-corrected chi connectivity index (χ4v) is 1.04. The Hall–Kier alpha value is -1.59. The van der Waals surface area contributed by atoms with Crippen LogP contribution in [0.2, 0.25) is 0 Å². The summed E-state index contributed by atoms with van der Waals surface area (Å²) < 4.78 is 10.1. The van der Waals surface area contributed by atoms with Crippen molar-refractivity contribution < 1.29 is 23.9 Å². The molecule has 0 aromatic carbocycles. The normalized spacial score (nSPS) is 12.5. The van der Waals surface area contributed by atoms with E-state index in [1.807, 2.05) is 0 Å². The smallest absolute Gasteiger partial charge is 0.410 e. The zero-order valence-corrected chi connectivity index (χ0v) is 11.6. The van der Waals surface area contributed by atoms with Crippen molar-refractivity contribution in [3.63, 3.8) is 0 Å². The van der Waals surface area contributed by atoms with Crippen LogP contribution in [0.25, 0.3) is 0 Å². The molecular formula is C12H21NO5. The molecule has 1 unspecified atom stereocenters. The lowest BCUT2D eigenvalue weighted by molar-refractivity contribution is -0.165. The van der Waals surface area contributed by atoms with E-state index in [-0.39, 0.29) is 12.8 Å². The number of nitrogens with zero attached hydrogens (tertiary/aromatic N) is 1. The van der Waals surface area contributed by atoms with E-state index in [2.05, 4.69) is 0 Å². The Morgan fingerprint density at radius 1 is 1.28 bits per heavy atom. The first-order valence-corrected chi connectivity index (χ1v) is 5.72. The minimum absolute atomic E-state index is 0.123. The van der Waals surface area contributed by atoms with E-state index < -0.39 is 23.8 Å². The predicted octanol–water partition coefficient (Wildman–Crippen LogP) is 1.37. The SMILES string of the molecule is CN(C)C(=O)OC(CCC=O)C(=O)OC(C)(C)C. The van der Waals surface area contributed by atoms with Gasteiger partial charge in [-0.1, -0.05) is 0 Å². The Morgan fingerprint density at radius 3 is 2.22 bits per heavy atom. The monoisotopic (exact) mass is 259 g/mol. The van der Waals surface area contributed by atoms with E-state index in [1.165, 1.54) is 19.0 Å². The van der Waals surface area contributed by atoms with Crippen molar-refractivity contribution in [3.05, 3.63) is 0 Å². The highest BCUT2D eigenvalue weighted by atomic mass is 16.6. The number of amides is 1. The maximum atomic E-state index is 11.8. The van der Waals surface area contributed by atoms with Crippen molar-refractivity contribution in [1.29, 1.82) is 0 Å². The summed E-state index contributed by atoms with van der Waals surface area (Å²) in [4.78, 5) is 34.7. The summed E-state index contributed by atoms with van der Waals surface area (Å²) in [6, 6.07) is 0. The molecule has 0 saturated carbocycles. The molecule has 0 saturated heterocycles. The third-order valence-electron chi connectivity index (χ3n) is 1.82. The molecule has 0 N–H and O–H groups in total. The molecular weight excluding hydrogens is 238 g/mol. The average molecular weight is 259 g/mol. The van der Waals surface area contributed by atoms with Gasteiger partial charge in [0, 0.05) is 26.9 Å². The summed E-state index contributed by atoms with van der Waals surface area (Å²) in [6.07, 6.45) is -0.773. The maximum Gasteiger partial charge on any atom is 0.410 e. The summed E-state index contributed by atoms with van der Waals surface area (Å²) in [5.41, 5.74) is -0.666. The number of ether oxygens (including phenoxy) is 2. The maximum absolute atomic E-state index is 11.8. The van der Waals surface area contributed by atoms with E-state index >= 15 is 0 Å². The van der Waals surface area contributed by atoms with E-state index in [1.54, 1.807) is 20.8 Å². The van der Waals surface area contributed by atoms with E-state index in [4.69, 9.17) is 9.47 Å². The third kappa shape index (κ3) is 6.88. The summed E-state index contributed by atoms with van der Waals surface area (Å²) in [6.45, 7) is 5.15. The van der Waals surface area contributed by atoms with E-state index in [9.17, 15) is 14.4 Å². The summed E-state index contributed by atoms with van der Waals surface area (Å²) >= 11 is 0. The molecule has 1 atom stereocenters. The van der Waals surface area contributed by atoms with Crippen molar-refractivity contribution in [1.82, 2.24) is 4.90 Å². The van der Waals surface area contributed by atoms with Gasteiger partial charge < -0.3 is 19.2 Å². The lowest BCUT2D eigenvalue weighted by atomic mass is 10.1. The van der Waals surface area contributed by atoms with Crippen molar-refractivity contribution in [2.75, 3.05) is 14.1 Å². The van der Waals surface area contributed by atoms with Crippen LogP contribution in [0.1, 0.15) is 33.6 Å². The van der Waals surface area contributed by atoms with Gasteiger partial charge in [0.15, 0.2) is 0 Å². The highest BCUT2D eigenvalue weighted by molar-refractivity contribution is 5.79.